The highest BCUT2D eigenvalue weighted by atomic mass is 79.9. The number of rotatable bonds is 3. The Morgan fingerprint density at radius 1 is 1.32 bits per heavy atom. The van der Waals surface area contributed by atoms with E-state index in [0.29, 0.717) is 6.54 Å². The van der Waals surface area contributed by atoms with Gasteiger partial charge >= 0.3 is 0 Å². The van der Waals surface area contributed by atoms with E-state index in [4.69, 9.17) is 11.6 Å². The van der Waals surface area contributed by atoms with E-state index in [0.717, 1.165) is 23.0 Å². The summed E-state index contributed by atoms with van der Waals surface area (Å²) in [6.45, 7) is 0.518. The molecule has 1 aromatic heterocycles. The smallest absolute Gasteiger partial charge is 0.245 e. The lowest BCUT2D eigenvalue weighted by molar-refractivity contribution is 0.384. The highest BCUT2D eigenvalue weighted by molar-refractivity contribution is 9.10. The zero-order chi connectivity index (χ0) is 15.9. The van der Waals surface area contributed by atoms with Crippen LogP contribution in [0, 0.1) is 0 Å². The van der Waals surface area contributed by atoms with E-state index >= 15 is 0 Å². The van der Waals surface area contributed by atoms with Crippen molar-refractivity contribution in [2.24, 2.45) is 7.05 Å². The maximum atomic E-state index is 13.0. The fourth-order valence-corrected chi connectivity index (χ4v) is 5.64. The van der Waals surface area contributed by atoms with Crippen LogP contribution in [0.2, 0.25) is 5.02 Å². The second-order valence-corrected chi connectivity index (χ2v) is 8.57. The number of benzene rings is 1. The van der Waals surface area contributed by atoms with Crippen LogP contribution in [0.4, 0.5) is 0 Å². The third kappa shape index (κ3) is 2.73. The average molecular weight is 404 g/mol. The summed E-state index contributed by atoms with van der Waals surface area (Å²) >= 11 is 9.46. The molecule has 2 aromatic rings. The number of hydrogen-bond donors (Lipinski definition) is 0. The maximum Gasteiger partial charge on any atom is 0.245 e. The van der Waals surface area contributed by atoms with Crippen molar-refractivity contribution in [3.8, 4) is 0 Å². The van der Waals surface area contributed by atoms with Crippen molar-refractivity contribution in [1.82, 2.24) is 8.87 Å². The highest BCUT2D eigenvalue weighted by Crippen LogP contribution is 2.38. The van der Waals surface area contributed by atoms with Crippen molar-refractivity contribution in [2.75, 3.05) is 6.54 Å². The SMILES string of the molecule is Cn1cccc1C1CCCN1S(=O)(=O)c1ccc(Br)cc1Cl. The number of sulfonamides is 1. The molecule has 0 radical (unpaired) electrons. The second kappa shape index (κ2) is 6.00. The van der Waals surface area contributed by atoms with Crippen LogP contribution in [-0.2, 0) is 17.1 Å². The van der Waals surface area contributed by atoms with Gasteiger partial charge in [-0.15, -0.1) is 0 Å². The molecule has 3 rings (SSSR count). The first-order chi connectivity index (χ1) is 10.4. The summed E-state index contributed by atoms with van der Waals surface area (Å²) in [5.41, 5.74) is 1.01. The van der Waals surface area contributed by atoms with Gasteiger partial charge < -0.3 is 4.57 Å². The minimum Gasteiger partial charge on any atom is -0.353 e. The van der Waals surface area contributed by atoms with Crippen LogP contribution in [0.3, 0.4) is 0 Å². The molecule has 22 heavy (non-hydrogen) atoms. The Bertz CT molecular complexity index is 804. The van der Waals surface area contributed by atoms with Gasteiger partial charge in [-0.1, -0.05) is 27.5 Å². The minimum atomic E-state index is -3.61. The van der Waals surface area contributed by atoms with E-state index in [1.54, 1.807) is 22.5 Å². The standard InChI is InChI=1S/C15H16BrClN2O2S/c1-18-8-2-4-13(18)14-5-3-9-19(14)22(20,21)15-7-6-11(16)10-12(15)17/h2,4,6-8,10,14H,3,5,9H2,1H3. The van der Waals surface area contributed by atoms with Crippen molar-refractivity contribution in [1.29, 1.82) is 0 Å². The molecule has 2 heterocycles. The monoisotopic (exact) mass is 402 g/mol. The number of aromatic nitrogens is 1. The number of halogens is 2. The third-order valence-electron chi connectivity index (χ3n) is 4.01. The predicted molar refractivity (Wildman–Crippen MR) is 90.4 cm³/mol. The van der Waals surface area contributed by atoms with Crippen LogP contribution in [0.15, 0.2) is 45.9 Å². The zero-order valence-corrected chi connectivity index (χ0v) is 15.2. The minimum absolute atomic E-state index is 0.135. The first-order valence-electron chi connectivity index (χ1n) is 6.99. The fraction of sp³-hybridized carbons (Fsp3) is 0.333. The molecule has 0 spiro atoms. The van der Waals surface area contributed by atoms with E-state index in [9.17, 15) is 8.42 Å². The van der Waals surface area contributed by atoms with E-state index < -0.39 is 10.0 Å². The molecule has 1 unspecified atom stereocenters. The molecule has 1 aliphatic heterocycles. The molecule has 0 aliphatic carbocycles. The first-order valence-corrected chi connectivity index (χ1v) is 9.60. The van der Waals surface area contributed by atoms with Gasteiger partial charge in [0.25, 0.3) is 0 Å². The normalized spacial score (nSPS) is 19.7. The van der Waals surface area contributed by atoms with E-state index in [-0.39, 0.29) is 16.0 Å². The average Bonchev–Trinajstić information content (AvgIpc) is 3.06. The van der Waals surface area contributed by atoms with Crippen LogP contribution in [0.5, 0.6) is 0 Å². The summed E-state index contributed by atoms with van der Waals surface area (Å²) in [5, 5.41) is 0.243. The Morgan fingerprint density at radius 3 is 2.73 bits per heavy atom. The fourth-order valence-electron chi connectivity index (χ4n) is 2.95. The zero-order valence-electron chi connectivity index (χ0n) is 12.0. The molecule has 1 fully saturated rings. The van der Waals surface area contributed by atoms with Gasteiger partial charge in [0.2, 0.25) is 10.0 Å². The summed E-state index contributed by atoms with van der Waals surface area (Å²) in [5.74, 6) is 0. The Kier molecular flexibility index (Phi) is 4.38. The molecule has 1 atom stereocenters. The summed E-state index contributed by atoms with van der Waals surface area (Å²) in [6.07, 6.45) is 3.61. The lowest BCUT2D eigenvalue weighted by Gasteiger charge is -2.25. The molecule has 1 aromatic carbocycles. The maximum absolute atomic E-state index is 13.0. The summed E-state index contributed by atoms with van der Waals surface area (Å²) in [4.78, 5) is 0.165. The van der Waals surface area contributed by atoms with Gasteiger partial charge in [-0.05, 0) is 43.2 Å². The molecule has 7 heteroatoms. The quantitative estimate of drug-likeness (QED) is 0.778. The Hall–Kier alpha value is -0.820. The molecule has 4 nitrogen and oxygen atoms in total. The van der Waals surface area contributed by atoms with Gasteiger partial charge in [0.1, 0.15) is 4.90 Å². The van der Waals surface area contributed by atoms with Gasteiger partial charge in [-0.2, -0.15) is 4.31 Å². The predicted octanol–water partition coefficient (Wildman–Crippen LogP) is 3.97. The molecule has 0 saturated carbocycles. The van der Waals surface area contributed by atoms with Crippen molar-refractivity contribution >= 4 is 37.6 Å². The molecule has 1 saturated heterocycles. The molecule has 1 aliphatic rings. The largest absolute Gasteiger partial charge is 0.353 e. The lowest BCUT2D eigenvalue weighted by atomic mass is 10.1. The Morgan fingerprint density at radius 2 is 2.09 bits per heavy atom. The van der Waals surface area contributed by atoms with Crippen molar-refractivity contribution in [2.45, 2.75) is 23.8 Å². The molecule has 0 amide bonds. The molecule has 118 valence electrons. The van der Waals surface area contributed by atoms with Crippen LogP contribution in [0.1, 0.15) is 24.6 Å². The van der Waals surface area contributed by atoms with Crippen molar-refractivity contribution < 1.29 is 8.42 Å². The summed E-state index contributed by atoms with van der Waals surface area (Å²) in [7, 11) is -1.68. The van der Waals surface area contributed by atoms with Gasteiger partial charge in [0.05, 0.1) is 11.1 Å². The van der Waals surface area contributed by atoms with Gasteiger partial charge in [-0.25, -0.2) is 8.42 Å². The van der Waals surface area contributed by atoms with Crippen LogP contribution in [-0.4, -0.2) is 23.8 Å². The number of aryl methyl sites for hydroxylation is 1. The van der Waals surface area contributed by atoms with Crippen molar-refractivity contribution in [3.63, 3.8) is 0 Å². The number of nitrogens with zero attached hydrogens (tertiary/aromatic N) is 2. The lowest BCUT2D eigenvalue weighted by Crippen LogP contribution is -2.31. The topological polar surface area (TPSA) is 42.3 Å². The van der Waals surface area contributed by atoms with E-state index in [2.05, 4.69) is 15.9 Å². The highest BCUT2D eigenvalue weighted by Gasteiger charge is 2.38. The summed E-state index contributed by atoms with van der Waals surface area (Å²) in [6, 6.07) is 8.65. The summed E-state index contributed by atoms with van der Waals surface area (Å²) < 4.78 is 30.3. The molecule has 0 N–H and O–H groups in total. The van der Waals surface area contributed by atoms with Gasteiger partial charge in [0.15, 0.2) is 0 Å². The van der Waals surface area contributed by atoms with Gasteiger partial charge in [-0.3, -0.25) is 0 Å². The van der Waals surface area contributed by atoms with Crippen LogP contribution in [0.25, 0.3) is 0 Å². The first kappa shape index (κ1) is 16.1. The molecule has 0 bridgehead atoms. The third-order valence-corrected chi connectivity index (χ3v) is 6.89. The molecular formula is C15H16BrClN2O2S. The van der Waals surface area contributed by atoms with E-state index in [1.165, 1.54) is 0 Å². The Labute approximate surface area is 143 Å². The number of hydrogen-bond acceptors (Lipinski definition) is 2. The second-order valence-electron chi connectivity index (χ2n) is 5.39. The Balaban J connectivity index is 2.03. The van der Waals surface area contributed by atoms with E-state index in [1.807, 2.05) is 29.9 Å². The van der Waals surface area contributed by atoms with Crippen LogP contribution >= 0.6 is 27.5 Å². The molecular weight excluding hydrogens is 388 g/mol. The van der Waals surface area contributed by atoms with Crippen LogP contribution < -0.4 is 0 Å². The van der Waals surface area contributed by atoms with Crippen molar-refractivity contribution in [3.05, 3.63) is 51.7 Å². The van der Waals surface area contributed by atoms with Gasteiger partial charge in [0, 0.05) is 30.0 Å².